The van der Waals surface area contributed by atoms with Gasteiger partial charge in [0.05, 0.1) is 0 Å². The number of rotatable bonds is 2. The molecular formula is C21H25N2-. The number of hydrogen-bond donors (Lipinski definition) is 1. The Kier molecular flexibility index (Phi) is 2.88. The Hall–Kier alpha value is -1.96. The number of allylic oxidation sites excluding steroid dienone is 2. The molecule has 0 radical (unpaired) electrons. The topological polar surface area (TPSA) is 26.1 Å². The molecular weight excluding hydrogens is 280 g/mol. The number of fused-ring (bicyclic) bond motifs is 2. The minimum absolute atomic E-state index is 0.0204. The average molecular weight is 305 g/mol. The summed E-state index contributed by atoms with van der Waals surface area (Å²) in [5, 5.41) is 4.88. The van der Waals surface area contributed by atoms with E-state index in [2.05, 4.69) is 63.1 Å². The molecule has 0 fully saturated rings. The van der Waals surface area contributed by atoms with Crippen LogP contribution in [0.5, 0.6) is 0 Å². The van der Waals surface area contributed by atoms with Gasteiger partial charge in [0.2, 0.25) is 0 Å². The molecule has 2 nitrogen and oxygen atoms in total. The second kappa shape index (κ2) is 4.53. The van der Waals surface area contributed by atoms with Gasteiger partial charge in [-0.3, -0.25) is 0 Å². The normalized spacial score (nSPS) is 28.6. The Labute approximate surface area is 138 Å². The monoisotopic (exact) mass is 305 g/mol. The second-order valence-electron chi connectivity index (χ2n) is 7.84. The SMILES string of the molecule is C=CC1(C)CCC2C(=C1NC)c1c[n-]c3cccc(c13)C2(C)C. The summed E-state index contributed by atoms with van der Waals surface area (Å²) in [7, 11) is 2.05. The molecule has 2 aromatic rings. The Balaban J connectivity index is 2.14. The molecule has 0 saturated carbocycles. The highest BCUT2D eigenvalue weighted by Crippen LogP contribution is 2.57. The van der Waals surface area contributed by atoms with Crippen molar-refractivity contribution >= 4 is 16.5 Å². The van der Waals surface area contributed by atoms with Crippen LogP contribution in [0.4, 0.5) is 0 Å². The standard InChI is InChI=1S/C21H25N2/c1-6-21(4)11-10-15-18(19(21)22-5)13-12-23-16-9-7-8-14(17(13)16)20(15,2)3/h6-9,12,15,22H,1,10-11H2,2-5H3/q-1. The minimum atomic E-state index is 0.0204. The molecule has 4 rings (SSSR count). The number of aromatic nitrogens is 1. The molecule has 0 bridgehead atoms. The molecule has 2 heteroatoms. The first-order chi connectivity index (χ1) is 10.9. The maximum Gasteiger partial charge on any atom is 0.0252 e. The van der Waals surface area contributed by atoms with Crippen molar-refractivity contribution in [3.05, 3.63) is 53.9 Å². The lowest BCUT2D eigenvalue weighted by Gasteiger charge is -2.49. The van der Waals surface area contributed by atoms with E-state index in [4.69, 9.17) is 4.98 Å². The van der Waals surface area contributed by atoms with E-state index < -0.39 is 0 Å². The lowest BCUT2D eigenvalue weighted by Crippen LogP contribution is -2.41. The van der Waals surface area contributed by atoms with Gasteiger partial charge in [-0.05, 0) is 46.3 Å². The van der Waals surface area contributed by atoms with Crippen LogP contribution in [0, 0.1) is 11.3 Å². The molecule has 0 saturated heterocycles. The van der Waals surface area contributed by atoms with Gasteiger partial charge in [0.1, 0.15) is 0 Å². The smallest absolute Gasteiger partial charge is 0.0252 e. The van der Waals surface area contributed by atoms with Crippen molar-refractivity contribution in [2.45, 2.75) is 39.0 Å². The zero-order chi connectivity index (χ0) is 16.4. The molecule has 1 heterocycles. The summed E-state index contributed by atoms with van der Waals surface area (Å²) in [6.45, 7) is 11.2. The zero-order valence-corrected chi connectivity index (χ0v) is 14.5. The van der Waals surface area contributed by atoms with Crippen molar-refractivity contribution in [3.63, 3.8) is 0 Å². The van der Waals surface area contributed by atoms with Gasteiger partial charge < -0.3 is 10.3 Å². The third-order valence-corrected chi connectivity index (χ3v) is 6.34. The van der Waals surface area contributed by atoms with E-state index in [9.17, 15) is 0 Å². The number of nitrogens with one attached hydrogen (secondary N) is 1. The zero-order valence-electron chi connectivity index (χ0n) is 14.5. The predicted molar refractivity (Wildman–Crippen MR) is 97.3 cm³/mol. The van der Waals surface area contributed by atoms with Crippen molar-refractivity contribution in [2.75, 3.05) is 7.05 Å². The van der Waals surface area contributed by atoms with Crippen LogP contribution in [0.1, 0.15) is 44.7 Å². The molecule has 120 valence electrons. The fourth-order valence-corrected chi connectivity index (χ4v) is 4.92. The molecule has 2 aliphatic carbocycles. The van der Waals surface area contributed by atoms with Crippen molar-refractivity contribution in [1.82, 2.24) is 10.3 Å². The molecule has 2 atom stereocenters. The lowest BCUT2D eigenvalue weighted by atomic mass is 9.57. The summed E-state index contributed by atoms with van der Waals surface area (Å²) in [5.74, 6) is 0.528. The molecule has 1 N–H and O–H groups in total. The maximum atomic E-state index is 4.70. The molecule has 0 spiro atoms. The first-order valence-electron chi connectivity index (χ1n) is 8.55. The van der Waals surface area contributed by atoms with Crippen LogP contribution in [0.25, 0.3) is 16.5 Å². The first kappa shape index (κ1) is 14.6. The molecule has 0 aliphatic heterocycles. The van der Waals surface area contributed by atoms with E-state index in [1.54, 1.807) is 0 Å². The van der Waals surface area contributed by atoms with E-state index in [0.717, 1.165) is 11.9 Å². The van der Waals surface area contributed by atoms with Crippen LogP contribution in [0.2, 0.25) is 0 Å². The van der Waals surface area contributed by atoms with Gasteiger partial charge in [0.25, 0.3) is 0 Å². The van der Waals surface area contributed by atoms with Crippen molar-refractivity contribution in [3.8, 4) is 0 Å². The Bertz CT molecular complexity index is 837. The predicted octanol–water partition coefficient (Wildman–Crippen LogP) is 4.62. The number of benzene rings is 1. The van der Waals surface area contributed by atoms with Crippen molar-refractivity contribution in [1.29, 1.82) is 0 Å². The highest BCUT2D eigenvalue weighted by atomic mass is 14.9. The van der Waals surface area contributed by atoms with Crippen molar-refractivity contribution in [2.24, 2.45) is 11.3 Å². The Morgan fingerprint density at radius 3 is 2.78 bits per heavy atom. The van der Waals surface area contributed by atoms with Gasteiger partial charge in [-0.2, -0.15) is 6.20 Å². The maximum absolute atomic E-state index is 4.70. The van der Waals surface area contributed by atoms with E-state index in [1.807, 2.05) is 7.05 Å². The molecule has 0 amide bonds. The highest BCUT2D eigenvalue weighted by Gasteiger charge is 2.46. The Morgan fingerprint density at radius 2 is 2.09 bits per heavy atom. The summed E-state index contributed by atoms with van der Waals surface area (Å²) in [4.78, 5) is 4.70. The van der Waals surface area contributed by atoms with Crippen molar-refractivity contribution < 1.29 is 0 Å². The average Bonchev–Trinajstić information content (AvgIpc) is 2.97. The summed E-state index contributed by atoms with van der Waals surface area (Å²) < 4.78 is 0. The largest absolute Gasteiger partial charge is 0.663 e. The summed E-state index contributed by atoms with van der Waals surface area (Å²) in [6, 6.07) is 6.58. The summed E-state index contributed by atoms with van der Waals surface area (Å²) in [6.07, 6.45) is 6.53. The second-order valence-corrected chi connectivity index (χ2v) is 7.84. The van der Waals surface area contributed by atoms with Crippen LogP contribution < -0.4 is 10.3 Å². The van der Waals surface area contributed by atoms with E-state index >= 15 is 0 Å². The summed E-state index contributed by atoms with van der Waals surface area (Å²) >= 11 is 0. The Morgan fingerprint density at radius 1 is 1.30 bits per heavy atom. The first-order valence-corrected chi connectivity index (χ1v) is 8.55. The lowest BCUT2D eigenvalue weighted by molar-refractivity contribution is 0.291. The van der Waals surface area contributed by atoms with E-state index in [1.165, 1.54) is 34.2 Å². The van der Waals surface area contributed by atoms with Crippen LogP contribution in [-0.2, 0) is 5.41 Å². The fraction of sp³-hybridized carbons (Fsp3) is 0.429. The van der Waals surface area contributed by atoms with Gasteiger partial charge >= 0.3 is 0 Å². The summed E-state index contributed by atoms with van der Waals surface area (Å²) in [5.41, 5.74) is 6.85. The highest BCUT2D eigenvalue weighted by molar-refractivity contribution is 5.99. The van der Waals surface area contributed by atoms with Gasteiger partial charge in [-0.1, -0.05) is 45.0 Å². The quantitative estimate of drug-likeness (QED) is 0.819. The van der Waals surface area contributed by atoms with Gasteiger partial charge in [0.15, 0.2) is 0 Å². The molecule has 1 aromatic heterocycles. The van der Waals surface area contributed by atoms with Gasteiger partial charge in [-0.15, -0.1) is 12.1 Å². The van der Waals surface area contributed by atoms with E-state index in [-0.39, 0.29) is 10.8 Å². The number of nitrogens with zero attached hydrogens (tertiary/aromatic N) is 1. The fourth-order valence-electron chi connectivity index (χ4n) is 4.92. The molecule has 2 aliphatic rings. The third-order valence-electron chi connectivity index (χ3n) is 6.34. The van der Waals surface area contributed by atoms with Crippen LogP contribution in [0.3, 0.4) is 0 Å². The van der Waals surface area contributed by atoms with Crippen LogP contribution in [-0.4, -0.2) is 7.05 Å². The van der Waals surface area contributed by atoms with Gasteiger partial charge in [-0.25, -0.2) is 0 Å². The van der Waals surface area contributed by atoms with Gasteiger partial charge in [0, 0.05) is 18.2 Å². The van der Waals surface area contributed by atoms with Crippen LogP contribution >= 0.6 is 0 Å². The number of hydrogen-bond acceptors (Lipinski definition) is 1. The third kappa shape index (κ3) is 1.69. The van der Waals surface area contributed by atoms with E-state index in [0.29, 0.717) is 5.92 Å². The minimum Gasteiger partial charge on any atom is -0.663 e. The molecule has 2 unspecified atom stereocenters. The van der Waals surface area contributed by atoms with Crippen LogP contribution in [0.15, 0.2) is 42.7 Å². The molecule has 1 aromatic carbocycles. The molecule has 23 heavy (non-hydrogen) atoms.